The SMILES string of the molecule is COC(=O)c1ccc(NCCNC(C)(C)C)cc1. The summed E-state index contributed by atoms with van der Waals surface area (Å²) in [4.78, 5) is 11.2. The molecule has 0 amide bonds. The first kappa shape index (κ1) is 14.5. The summed E-state index contributed by atoms with van der Waals surface area (Å²) in [6.45, 7) is 8.14. The van der Waals surface area contributed by atoms with E-state index in [9.17, 15) is 4.79 Å². The Morgan fingerprint density at radius 3 is 2.28 bits per heavy atom. The van der Waals surface area contributed by atoms with Crippen LogP contribution in [0.1, 0.15) is 31.1 Å². The van der Waals surface area contributed by atoms with Gasteiger partial charge in [-0.05, 0) is 45.0 Å². The first-order valence-electron chi connectivity index (χ1n) is 6.09. The Hall–Kier alpha value is -1.55. The van der Waals surface area contributed by atoms with Gasteiger partial charge in [0.1, 0.15) is 0 Å². The summed E-state index contributed by atoms with van der Waals surface area (Å²) in [5.41, 5.74) is 1.70. The molecule has 0 saturated heterocycles. The molecule has 0 aromatic heterocycles. The zero-order valence-corrected chi connectivity index (χ0v) is 11.5. The average molecular weight is 250 g/mol. The quantitative estimate of drug-likeness (QED) is 0.622. The van der Waals surface area contributed by atoms with E-state index in [1.165, 1.54) is 7.11 Å². The van der Waals surface area contributed by atoms with E-state index >= 15 is 0 Å². The first-order valence-corrected chi connectivity index (χ1v) is 6.09. The van der Waals surface area contributed by atoms with Crippen molar-refractivity contribution < 1.29 is 9.53 Å². The van der Waals surface area contributed by atoms with Crippen molar-refractivity contribution in [2.24, 2.45) is 0 Å². The number of hydrogen-bond donors (Lipinski definition) is 2. The van der Waals surface area contributed by atoms with Gasteiger partial charge in [0.05, 0.1) is 12.7 Å². The van der Waals surface area contributed by atoms with E-state index in [0.717, 1.165) is 18.8 Å². The maximum absolute atomic E-state index is 11.2. The van der Waals surface area contributed by atoms with Gasteiger partial charge in [-0.25, -0.2) is 4.79 Å². The summed E-state index contributed by atoms with van der Waals surface area (Å²) < 4.78 is 4.64. The van der Waals surface area contributed by atoms with Crippen molar-refractivity contribution in [1.82, 2.24) is 5.32 Å². The first-order chi connectivity index (χ1) is 8.42. The minimum atomic E-state index is -0.309. The minimum Gasteiger partial charge on any atom is -0.465 e. The molecule has 0 aliphatic heterocycles. The third-order valence-corrected chi connectivity index (χ3v) is 2.42. The van der Waals surface area contributed by atoms with Crippen LogP contribution < -0.4 is 10.6 Å². The van der Waals surface area contributed by atoms with Crippen LogP contribution in [0.3, 0.4) is 0 Å². The molecule has 0 bridgehead atoms. The molecule has 4 nitrogen and oxygen atoms in total. The fourth-order valence-electron chi connectivity index (χ4n) is 1.49. The molecule has 100 valence electrons. The molecular formula is C14H22N2O2. The highest BCUT2D eigenvalue weighted by molar-refractivity contribution is 5.89. The predicted molar refractivity (Wildman–Crippen MR) is 74.0 cm³/mol. The Balaban J connectivity index is 2.38. The number of anilines is 1. The molecule has 0 radical (unpaired) electrons. The molecule has 0 atom stereocenters. The number of ether oxygens (including phenoxy) is 1. The molecule has 1 aromatic rings. The van der Waals surface area contributed by atoms with Gasteiger partial charge in [-0.15, -0.1) is 0 Å². The van der Waals surface area contributed by atoms with Crippen LogP contribution in [0.25, 0.3) is 0 Å². The van der Waals surface area contributed by atoms with Crippen molar-refractivity contribution in [3.8, 4) is 0 Å². The van der Waals surface area contributed by atoms with Crippen LogP contribution in [0.15, 0.2) is 24.3 Å². The molecule has 0 aliphatic rings. The highest BCUT2D eigenvalue weighted by atomic mass is 16.5. The van der Waals surface area contributed by atoms with Gasteiger partial charge in [0.25, 0.3) is 0 Å². The van der Waals surface area contributed by atoms with Crippen LogP contribution in [-0.2, 0) is 4.74 Å². The van der Waals surface area contributed by atoms with Crippen molar-refractivity contribution >= 4 is 11.7 Å². The number of benzene rings is 1. The largest absolute Gasteiger partial charge is 0.465 e. The number of carbonyl (C=O) groups excluding carboxylic acids is 1. The normalized spacial score (nSPS) is 11.1. The van der Waals surface area contributed by atoms with Crippen molar-refractivity contribution in [2.75, 3.05) is 25.5 Å². The molecular weight excluding hydrogens is 228 g/mol. The van der Waals surface area contributed by atoms with Gasteiger partial charge in [0.15, 0.2) is 0 Å². The molecule has 1 rings (SSSR count). The van der Waals surface area contributed by atoms with Crippen LogP contribution in [0.5, 0.6) is 0 Å². The summed E-state index contributed by atoms with van der Waals surface area (Å²) in [5, 5.41) is 6.68. The number of esters is 1. The van der Waals surface area contributed by atoms with E-state index in [-0.39, 0.29) is 11.5 Å². The molecule has 0 aliphatic carbocycles. The average Bonchev–Trinajstić information content (AvgIpc) is 2.33. The summed E-state index contributed by atoms with van der Waals surface area (Å²) in [6, 6.07) is 7.27. The van der Waals surface area contributed by atoms with Crippen LogP contribution in [0.4, 0.5) is 5.69 Å². The van der Waals surface area contributed by atoms with Gasteiger partial charge in [0.2, 0.25) is 0 Å². The Kier molecular flexibility index (Phi) is 5.16. The fraction of sp³-hybridized carbons (Fsp3) is 0.500. The zero-order valence-electron chi connectivity index (χ0n) is 11.5. The Bertz CT molecular complexity index is 380. The second kappa shape index (κ2) is 6.40. The number of carbonyl (C=O) groups is 1. The fourth-order valence-corrected chi connectivity index (χ4v) is 1.49. The van der Waals surface area contributed by atoms with Gasteiger partial charge in [-0.2, -0.15) is 0 Å². The van der Waals surface area contributed by atoms with Crippen molar-refractivity contribution in [3.05, 3.63) is 29.8 Å². The Morgan fingerprint density at radius 1 is 1.17 bits per heavy atom. The molecule has 0 saturated carbocycles. The van der Waals surface area contributed by atoms with Gasteiger partial charge >= 0.3 is 5.97 Å². The lowest BCUT2D eigenvalue weighted by Gasteiger charge is -2.20. The monoisotopic (exact) mass is 250 g/mol. The number of rotatable bonds is 5. The lowest BCUT2D eigenvalue weighted by molar-refractivity contribution is 0.0601. The summed E-state index contributed by atoms with van der Waals surface area (Å²) in [5.74, 6) is -0.309. The maximum atomic E-state index is 11.2. The lowest BCUT2D eigenvalue weighted by atomic mass is 10.1. The van der Waals surface area contributed by atoms with Crippen molar-refractivity contribution in [2.45, 2.75) is 26.3 Å². The zero-order chi connectivity index (χ0) is 13.6. The van der Waals surface area contributed by atoms with Crippen LogP contribution in [0.2, 0.25) is 0 Å². The smallest absolute Gasteiger partial charge is 0.337 e. The summed E-state index contributed by atoms with van der Waals surface area (Å²) >= 11 is 0. The van der Waals surface area contributed by atoms with Crippen molar-refractivity contribution in [1.29, 1.82) is 0 Å². The molecule has 0 heterocycles. The molecule has 18 heavy (non-hydrogen) atoms. The Morgan fingerprint density at radius 2 is 1.78 bits per heavy atom. The topological polar surface area (TPSA) is 50.4 Å². The summed E-state index contributed by atoms with van der Waals surface area (Å²) in [6.07, 6.45) is 0. The van der Waals surface area contributed by atoms with Crippen LogP contribution in [0, 0.1) is 0 Å². The highest BCUT2D eigenvalue weighted by Crippen LogP contribution is 2.09. The number of hydrogen-bond acceptors (Lipinski definition) is 4. The third kappa shape index (κ3) is 5.19. The standard InChI is InChI=1S/C14H22N2O2/c1-14(2,3)16-10-9-15-12-7-5-11(6-8-12)13(17)18-4/h5-8,15-16H,9-10H2,1-4H3. The van der Waals surface area contributed by atoms with Gasteiger partial charge in [-0.3, -0.25) is 0 Å². The Labute approximate surface area is 109 Å². The van der Waals surface area contributed by atoms with Gasteiger partial charge in [0, 0.05) is 24.3 Å². The lowest BCUT2D eigenvalue weighted by Crippen LogP contribution is -2.38. The minimum absolute atomic E-state index is 0.135. The second-order valence-corrected chi connectivity index (χ2v) is 5.17. The van der Waals surface area contributed by atoms with E-state index in [4.69, 9.17) is 0 Å². The van der Waals surface area contributed by atoms with Crippen LogP contribution >= 0.6 is 0 Å². The third-order valence-electron chi connectivity index (χ3n) is 2.42. The van der Waals surface area contributed by atoms with E-state index in [1.807, 2.05) is 12.1 Å². The molecule has 0 fully saturated rings. The molecule has 4 heteroatoms. The maximum Gasteiger partial charge on any atom is 0.337 e. The van der Waals surface area contributed by atoms with E-state index in [2.05, 4.69) is 36.1 Å². The second-order valence-electron chi connectivity index (χ2n) is 5.17. The van der Waals surface area contributed by atoms with E-state index in [0.29, 0.717) is 5.56 Å². The summed E-state index contributed by atoms with van der Waals surface area (Å²) in [7, 11) is 1.38. The molecule has 2 N–H and O–H groups in total. The van der Waals surface area contributed by atoms with E-state index in [1.54, 1.807) is 12.1 Å². The van der Waals surface area contributed by atoms with Crippen molar-refractivity contribution in [3.63, 3.8) is 0 Å². The molecule has 0 spiro atoms. The number of methoxy groups -OCH3 is 1. The molecule has 0 unspecified atom stereocenters. The van der Waals surface area contributed by atoms with Crippen LogP contribution in [-0.4, -0.2) is 31.7 Å². The number of nitrogens with one attached hydrogen (secondary N) is 2. The van der Waals surface area contributed by atoms with Gasteiger partial charge < -0.3 is 15.4 Å². The molecule has 1 aromatic carbocycles. The highest BCUT2D eigenvalue weighted by Gasteiger charge is 2.07. The van der Waals surface area contributed by atoms with Gasteiger partial charge in [-0.1, -0.05) is 0 Å². The van der Waals surface area contributed by atoms with E-state index < -0.39 is 0 Å². The predicted octanol–water partition coefficient (Wildman–Crippen LogP) is 2.27.